The molecule has 0 spiro atoms. The van der Waals surface area contributed by atoms with E-state index < -0.39 is 11.9 Å². The van der Waals surface area contributed by atoms with Gasteiger partial charge in [0.1, 0.15) is 12.4 Å². The van der Waals surface area contributed by atoms with Crippen molar-refractivity contribution < 1.29 is 28.2 Å². The smallest absolute Gasteiger partial charge is 0.407 e. The fourth-order valence-corrected chi connectivity index (χ4v) is 3.57. The summed E-state index contributed by atoms with van der Waals surface area (Å²) in [4.78, 5) is 26.0. The lowest BCUT2D eigenvalue weighted by Crippen LogP contribution is -2.47. The Morgan fingerprint density at radius 3 is 2.79 bits per heavy atom. The van der Waals surface area contributed by atoms with E-state index in [1.807, 2.05) is 30.3 Å². The number of rotatable bonds is 10. The lowest BCUT2D eigenvalue weighted by Gasteiger charge is -2.33. The van der Waals surface area contributed by atoms with Gasteiger partial charge in [0.15, 0.2) is 0 Å². The molecule has 1 unspecified atom stereocenters. The number of nitrogens with zero attached hydrogens (tertiary/aromatic N) is 1. The van der Waals surface area contributed by atoms with E-state index in [1.54, 1.807) is 11.0 Å². The van der Waals surface area contributed by atoms with E-state index in [0.717, 1.165) is 5.56 Å². The highest BCUT2D eigenvalue weighted by atomic mass is 35.5. The van der Waals surface area contributed by atoms with Gasteiger partial charge in [0.2, 0.25) is 5.91 Å². The fourth-order valence-electron chi connectivity index (χ4n) is 3.35. The third-order valence-corrected chi connectivity index (χ3v) is 5.47. The van der Waals surface area contributed by atoms with Crippen molar-refractivity contribution in [3.63, 3.8) is 0 Å². The first-order chi connectivity index (χ1) is 16.0. The summed E-state index contributed by atoms with van der Waals surface area (Å²) in [6.07, 6.45) is 0.0858. The maximum Gasteiger partial charge on any atom is 0.407 e. The van der Waals surface area contributed by atoms with E-state index in [1.165, 1.54) is 12.1 Å². The summed E-state index contributed by atoms with van der Waals surface area (Å²) in [5, 5.41) is 2.97. The summed E-state index contributed by atoms with van der Waals surface area (Å²) < 4.78 is 29.6. The van der Waals surface area contributed by atoms with Crippen LogP contribution in [0.3, 0.4) is 0 Å². The van der Waals surface area contributed by atoms with Crippen LogP contribution in [0.4, 0.5) is 9.18 Å². The second-order valence-corrected chi connectivity index (χ2v) is 8.08. The van der Waals surface area contributed by atoms with Crippen molar-refractivity contribution in [2.24, 2.45) is 0 Å². The van der Waals surface area contributed by atoms with E-state index in [0.29, 0.717) is 56.3 Å². The molecular formula is C24H28ClFN2O5. The molecule has 0 aliphatic carbocycles. The lowest BCUT2D eigenvalue weighted by atomic mass is 10.2. The van der Waals surface area contributed by atoms with Crippen LogP contribution in [-0.4, -0.2) is 55.9 Å². The minimum absolute atomic E-state index is 0.00401. The zero-order chi connectivity index (χ0) is 23.5. The van der Waals surface area contributed by atoms with E-state index in [2.05, 4.69) is 5.32 Å². The third-order valence-electron chi connectivity index (χ3n) is 5.12. The summed E-state index contributed by atoms with van der Waals surface area (Å²) in [7, 11) is 0. The van der Waals surface area contributed by atoms with E-state index in [4.69, 9.17) is 25.8 Å². The summed E-state index contributed by atoms with van der Waals surface area (Å²) >= 11 is 6.00. The quantitative estimate of drug-likeness (QED) is 0.523. The normalized spacial score (nSPS) is 15.8. The third kappa shape index (κ3) is 8.64. The maximum atomic E-state index is 13.1. The average molecular weight is 479 g/mol. The molecule has 1 heterocycles. The summed E-state index contributed by atoms with van der Waals surface area (Å²) in [6.45, 7) is 2.48. The molecule has 0 saturated carbocycles. The molecule has 9 heteroatoms. The molecule has 1 atom stereocenters. The highest BCUT2D eigenvalue weighted by Crippen LogP contribution is 2.18. The van der Waals surface area contributed by atoms with E-state index in [-0.39, 0.29) is 25.2 Å². The van der Waals surface area contributed by atoms with Crippen molar-refractivity contribution >= 4 is 23.6 Å². The van der Waals surface area contributed by atoms with Gasteiger partial charge in [-0.15, -0.1) is 0 Å². The zero-order valence-electron chi connectivity index (χ0n) is 18.3. The Kier molecular flexibility index (Phi) is 9.93. The predicted molar refractivity (Wildman–Crippen MR) is 121 cm³/mol. The fraction of sp³-hybridized carbons (Fsp3) is 0.417. The molecule has 2 aromatic carbocycles. The minimum Gasteiger partial charge on any atom is -0.445 e. The minimum atomic E-state index is -0.504. The second kappa shape index (κ2) is 13.1. The first-order valence-electron chi connectivity index (χ1n) is 10.9. The van der Waals surface area contributed by atoms with Crippen molar-refractivity contribution in [1.29, 1.82) is 0 Å². The Morgan fingerprint density at radius 1 is 1.18 bits per heavy atom. The number of morpholine rings is 1. The summed E-state index contributed by atoms with van der Waals surface area (Å²) in [5.41, 5.74) is 1.60. The molecule has 1 saturated heterocycles. The SMILES string of the molecule is O=C(NCCCC(=O)N1CCOC(COCc2ccc(F)cc2Cl)C1)OCc1ccccc1. The first-order valence-corrected chi connectivity index (χ1v) is 11.2. The average Bonchev–Trinajstić information content (AvgIpc) is 2.82. The van der Waals surface area contributed by atoms with Gasteiger partial charge < -0.3 is 24.4 Å². The van der Waals surface area contributed by atoms with Crippen molar-refractivity contribution in [1.82, 2.24) is 10.2 Å². The Bertz CT molecular complexity index is 915. The van der Waals surface area contributed by atoms with Crippen LogP contribution in [0.2, 0.25) is 5.02 Å². The second-order valence-electron chi connectivity index (χ2n) is 7.68. The molecule has 2 aromatic rings. The van der Waals surface area contributed by atoms with Crippen LogP contribution in [0.25, 0.3) is 0 Å². The number of carbonyl (C=O) groups excluding carboxylic acids is 2. The molecule has 178 valence electrons. The maximum absolute atomic E-state index is 13.1. The molecule has 3 rings (SSSR count). The highest BCUT2D eigenvalue weighted by molar-refractivity contribution is 6.31. The molecule has 1 fully saturated rings. The molecular weight excluding hydrogens is 451 g/mol. The van der Waals surface area contributed by atoms with Crippen molar-refractivity contribution in [2.75, 3.05) is 32.8 Å². The molecule has 7 nitrogen and oxygen atoms in total. The Hall–Kier alpha value is -2.68. The van der Waals surface area contributed by atoms with Crippen molar-refractivity contribution in [3.8, 4) is 0 Å². The van der Waals surface area contributed by atoms with Gasteiger partial charge in [-0.05, 0) is 29.7 Å². The predicted octanol–water partition coefficient (Wildman–Crippen LogP) is 3.93. The van der Waals surface area contributed by atoms with Gasteiger partial charge >= 0.3 is 6.09 Å². The van der Waals surface area contributed by atoms with Gasteiger partial charge in [0.05, 0.1) is 25.9 Å². The van der Waals surface area contributed by atoms with Crippen LogP contribution < -0.4 is 5.32 Å². The van der Waals surface area contributed by atoms with Crippen LogP contribution in [0.1, 0.15) is 24.0 Å². The lowest BCUT2D eigenvalue weighted by molar-refractivity contribution is -0.141. The number of nitrogens with one attached hydrogen (secondary N) is 1. The van der Waals surface area contributed by atoms with Crippen LogP contribution in [0.5, 0.6) is 0 Å². The van der Waals surface area contributed by atoms with Crippen LogP contribution in [-0.2, 0) is 32.2 Å². The Balaban J connectivity index is 1.29. The topological polar surface area (TPSA) is 77.1 Å². The highest BCUT2D eigenvalue weighted by Gasteiger charge is 2.24. The van der Waals surface area contributed by atoms with Gasteiger partial charge in [-0.25, -0.2) is 9.18 Å². The monoisotopic (exact) mass is 478 g/mol. The molecule has 1 aliphatic rings. The number of hydrogen-bond donors (Lipinski definition) is 1. The van der Waals surface area contributed by atoms with E-state index >= 15 is 0 Å². The molecule has 0 aromatic heterocycles. The van der Waals surface area contributed by atoms with Gasteiger partial charge in [-0.3, -0.25) is 4.79 Å². The Morgan fingerprint density at radius 2 is 2.00 bits per heavy atom. The standard InChI is InChI=1S/C24H28ClFN2O5/c25-22-13-20(26)9-8-19(22)16-31-17-21-14-28(11-12-32-21)23(29)7-4-10-27-24(30)33-15-18-5-2-1-3-6-18/h1-3,5-6,8-9,13,21H,4,7,10-12,14-17H2,(H,27,30). The summed E-state index contributed by atoms with van der Waals surface area (Å²) in [6, 6.07) is 13.6. The van der Waals surface area contributed by atoms with Gasteiger partial charge in [-0.2, -0.15) is 0 Å². The number of ether oxygens (including phenoxy) is 3. The number of benzene rings is 2. The van der Waals surface area contributed by atoms with Crippen LogP contribution in [0, 0.1) is 5.82 Å². The van der Waals surface area contributed by atoms with Crippen molar-refractivity contribution in [3.05, 3.63) is 70.5 Å². The molecule has 2 amide bonds. The number of amides is 2. The first kappa shape index (κ1) is 25.0. The van der Waals surface area contributed by atoms with Gasteiger partial charge in [0.25, 0.3) is 0 Å². The molecule has 1 N–H and O–H groups in total. The molecule has 0 bridgehead atoms. The number of carbonyl (C=O) groups is 2. The molecule has 0 radical (unpaired) electrons. The van der Waals surface area contributed by atoms with Gasteiger partial charge in [0, 0.05) is 31.1 Å². The Labute approximate surface area is 197 Å². The number of halogens is 2. The van der Waals surface area contributed by atoms with Crippen LogP contribution in [0.15, 0.2) is 48.5 Å². The summed E-state index contributed by atoms with van der Waals surface area (Å²) in [5.74, 6) is -0.392. The zero-order valence-corrected chi connectivity index (χ0v) is 19.1. The van der Waals surface area contributed by atoms with Crippen LogP contribution >= 0.6 is 11.6 Å². The molecule has 33 heavy (non-hydrogen) atoms. The van der Waals surface area contributed by atoms with Gasteiger partial charge in [-0.1, -0.05) is 48.0 Å². The largest absolute Gasteiger partial charge is 0.445 e. The number of hydrogen-bond acceptors (Lipinski definition) is 5. The van der Waals surface area contributed by atoms with E-state index in [9.17, 15) is 14.0 Å². The molecule has 1 aliphatic heterocycles. The van der Waals surface area contributed by atoms with Crippen molar-refractivity contribution in [2.45, 2.75) is 32.2 Å². The number of alkyl carbamates (subject to hydrolysis) is 1.